The third-order valence-corrected chi connectivity index (χ3v) is 18.0. The Labute approximate surface area is 510 Å². The molecule has 0 bridgehead atoms. The molecule has 0 spiro atoms. The van der Waals surface area contributed by atoms with Gasteiger partial charge < -0.3 is 66.4 Å². The van der Waals surface area contributed by atoms with Gasteiger partial charge in [0, 0.05) is 83.4 Å². The molecule has 7 aromatic rings. The SMILES string of the molecule is COc1cc(C)c(N=CC2Cc3sccc3CN2C=O)cc1OCc1cc(COc2cc3c(cc2OC)C(=O)N2Cc4ccsc4CC2C=N3)cc(C[N+](C)(C)Cc2ccc(OSOc3cc(C=O)ccc3OC3CC(O)C(O)C(CO)O3)cc2)c1. The summed E-state index contributed by atoms with van der Waals surface area (Å²) in [5.74, 6) is 2.67. The summed E-state index contributed by atoms with van der Waals surface area (Å²) in [6, 6.07) is 29.6. The average Bonchev–Trinajstić information content (AvgIpc) is 1.99. The van der Waals surface area contributed by atoms with E-state index < -0.39 is 31.2 Å². The minimum Gasteiger partial charge on any atom is -0.493 e. The first-order valence-corrected chi connectivity index (χ1v) is 30.4. The van der Waals surface area contributed by atoms with Crippen molar-refractivity contribution in [3.05, 3.63) is 168 Å². The van der Waals surface area contributed by atoms with Crippen LogP contribution in [0.15, 0.2) is 118 Å². The zero-order valence-corrected chi connectivity index (χ0v) is 50.5. The number of carbonyl (C=O) groups excluding carboxylic acids is 3. The van der Waals surface area contributed by atoms with Gasteiger partial charge in [-0.25, -0.2) is 0 Å². The monoisotopic (exact) mass is 1220 g/mol. The standard InChI is InChI=1S/C64H66N5O14S3/c1-38-16-54(76-4)56(24-50(38)65-27-46-21-60-44(12-14-84-60)29-67(46)37-72)78-35-42-17-41(18-43(19-42)36-79-57-25-51-49(23-55(57)77-5)64(75)68-30-45-13-15-85-61(45)22-47(68)28-66-51)32-69(2,3)31-39-6-9-48(10-7-39)82-86-83-58-20-40(33-70)8-11-53(58)80-62-26-52(73)63(74)59(34-71)81-62/h6-20,23-25,27-28,33,37,46-47,52,59,62-63,71,73-74H,21-22,26,29-32,34-36H2,1-5H3/q+1. The summed E-state index contributed by atoms with van der Waals surface area (Å²) in [7, 11) is 7.47. The number of methoxy groups -OCH3 is 2. The van der Waals surface area contributed by atoms with Gasteiger partial charge in [-0.3, -0.25) is 24.4 Å². The highest BCUT2D eigenvalue weighted by atomic mass is 32.2. The van der Waals surface area contributed by atoms with Crippen LogP contribution in [0.3, 0.4) is 0 Å². The number of nitrogens with zero attached hydrogens (tertiary/aromatic N) is 5. The number of aliphatic hydroxyl groups is 3. The second-order valence-corrected chi connectivity index (χ2v) is 24.7. The molecule has 4 aliphatic heterocycles. The zero-order valence-electron chi connectivity index (χ0n) is 48.0. The average molecular weight is 1230 g/mol. The van der Waals surface area contributed by atoms with E-state index in [4.69, 9.17) is 46.8 Å². The number of carbonyl (C=O) groups is 3. The van der Waals surface area contributed by atoms with Crippen molar-refractivity contribution < 1.29 is 71.0 Å². The Morgan fingerprint density at radius 1 is 0.767 bits per heavy atom. The van der Waals surface area contributed by atoms with Gasteiger partial charge in [-0.2, -0.15) is 0 Å². The number of amides is 2. The lowest BCUT2D eigenvalue weighted by molar-refractivity contribution is -0.916. The first kappa shape index (κ1) is 59.9. The molecule has 0 saturated carbocycles. The Balaban J connectivity index is 0.799. The molecule has 19 nitrogen and oxygen atoms in total. The van der Waals surface area contributed by atoms with Crippen LogP contribution < -0.4 is 32.1 Å². The number of benzene rings is 5. The molecule has 11 rings (SSSR count). The first-order chi connectivity index (χ1) is 41.7. The van der Waals surface area contributed by atoms with E-state index in [0.717, 1.165) is 39.8 Å². The minimum absolute atomic E-state index is 0.0624. The second-order valence-electron chi connectivity index (χ2n) is 22.2. The number of aliphatic hydroxyl groups excluding tert-OH is 3. The van der Waals surface area contributed by atoms with Crippen LogP contribution in [0.2, 0.25) is 0 Å². The summed E-state index contributed by atoms with van der Waals surface area (Å²) >= 11 is 4.07. The van der Waals surface area contributed by atoms with Crippen LogP contribution in [0.5, 0.6) is 40.2 Å². The molecule has 448 valence electrons. The fourth-order valence-electron chi connectivity index (χ4n) is 11.1. The van der Waals surface area contributed by atoms with Crippen LogP contribution in [0.1, 0.15) is 75.8 Å². The van der Waals surface area contributed by atoms with E-state index in [1.807, 2.05) is 60.7 Å². The number of thiophene rings is 2. The van der Waals surface area contributed by atoms with E-state index in [-0.39, 0.29) is 49.1 Å². The molecule has 0 radical (unpaired) electrons. The van der Waals surface area contributed by atoms with E-state index >= 15 is 0 Å². The number of aldehydes is 1. The predicted octanol–water partition coefficient (Wildman–Crippen LogP) is 9.68. The third-order valence-electron chi connectivity index (χ3n) is 15.5. The van der Waals surface area contributed by atoms with Crippen LogP contribution in [-0.2, 0) is 61.8 Å². The van der Waals surface area contributed by atoms with E-state index in [0.29, 0.717) is 113 Å². The Morgan fingerprint density at radius 2 is 1.45 bits per heavy atom. The van der Waals surface area contributed by atoms with Gasteiger partial charge in [-0.15, -0.1) is 22.7 Å². The number of hydrogen-bond donors (Lipinski definition) is 3. The molecule has 6 atom stereocenters. The van der Waals surface area contributed by atoms with Crippen molar-refractivity contribution in [3.8, 4) is 40.2 Å². The van der Waals surface area contributed by atoms with Gasteiger partial charge >= 0.3 is 0 Å². The molecule has 86 heavy (non-hydrogen) atoms. The van der Waals surface area contributed by atoms with Crippen LogP contribution in [0, 0.1) is 6.92 Å². The topological polar surface area (TPSA) is 217 Å². The molecule has 6 heterocycles. The van der Waals surface area contributed by atoms with Gasteiger partial charge in [-0.05, 0) is 130 Å². The highest BCUT2D eigenvalue weighted by Gasteiger charge is 2.38. The van der Waals surface area contributed by atoms with Crippen molar-refractivity contribution in [2.45, 2.75) is 102 Å². The number of aliphatic imine (C=N–C) groups is 2. The van der Waals surface area contributed by atoms with Gasteiger partial charge in [0.25, 0.3) is 18.2 Å². The molecular formula is C64H66N5O14S3+. The molecule has 22 heteroatoms. The summed E-state index contributed by atoms with van der Waals surface area (Å²) in [5.41, 5.74) is 9.02. The van der Waals surface area contributed by atoms with Crippen molar-refractivity contribution in [1.82, 2.24) is 9.80 Å². The predicted molar refractivity (Wildman–Crippen MR) is 327 cm³/mol. The second kappa shape index (κ2) is 26.4. The molecule has 1 fully saturated rings. The zero-order chi connectivity index (χ0) is 60.1. The maximum atomic E-state index is 14.1. The molecule has 5 aromatic carbocycles. The molecule has 1 saturated heterocycles. The largest absolute Gasteiger partial charge is 0.493 e. The van der Waals surface area contributed by atoms with Crippen molar-refractivity contribution in [2.75, 3.05) is 34.9 Å². The van der Waals surface area contributed by atoms with Crippen LogP contribution in [0.25, 0.3) is 0 Å². The summed E-state index contributed by atoms with van der Waals surface area (Å²) in [6.45, 7) is 4.09. The first-order valence-electron chi connectivity index (χ1n) is 28.0. The maximum absolute atomic E-state index is 14.1. The van der Waals surface area contributed by atoms with Crippen molar-refractivity contribution in [3.63, 3.8) is 0 Å². The molecule has 2 aromatic heterocycles. The lowest BCUT2D eigenvalue weighted by Gasteiger charge is -2.36. The normalized spacial score (nSPS) is 19.8. The minimum atomic E-state index is -1.27. The smallest absolute Gasteiger partial charge is 0.293 e. The lowest BCUT2D eigenvalue weighted by Crippen LogP contribution is -2.51. The Morgan fingerprint density at radius 3 is 2.16 bits per heavy atom. The van der Waals surface area contributed by atoms with Gasteiger partial charge in [-0.1, -0.05) is 0 Å². The van der Waals surface area contributed by atoms with Crippen molar-refractivity contribution in [1.29, 1.82) is 0 Å². The molecule has 4 aliphatic rings. The quantitative estimate of drug-likeness (QED) is 0.0235. The van der Waals surface area contributed by atoms with E-state index in [9.17, 15) is 29.7 Å². The van der Waals surface area contributed by atoms with Crippen molar-refractivity contribution >= 4 is 77.4 Å². The van der Waals surface area contributed by atoms with Gasteiger partial charge in [0.2, 0.25) is 12.7 Å². The number of rotatable bonds is 23. The van der Waals surface area contributed by atoms with Gasteiger partial charge in [0.1, 0.15) is 50.5 Å². The number of ether oxygens (including phenoxy) is 6. The van der Waals surface area contributed by atoms with E-state index in [2.05, 4.69) is 55.2 Å². The highest BCUT2D eigenvalue weighted by molar-refractivity contribution is 7.90. The fourth-order valence-corrected chi connectivity index (χ4v) is 13.4. The number of quaternary nitrogens is 1. The number of aryl methyl sites for hydroxylation is 1. The van der Waals surface area contributed by atoms with E-state index in [1.54, 1.807) is 53.9 Å². The molecule has 6 unspecified atom stereocenters. The maximum Gasteiger partial charge on any atom is 0.293 e. The summed E-state index contributed by atoms with van der Waals surface area (Å²) < 4.78 is 48.9. The molecule has 0 aliphatic carbocycles. The van der Waals surface area contributed by atoms with E-state index in [1.165, 1.54) is 33.5 Å². The molecule has 2 amide bonds. The molecular weight excluding hydrogens is 1160 g/mol. The Kier molecular flexibility index (Phi) is 18.4. The Hall–Kier alpha value is -7.80. The highest BCUT2D eigenvalue weighted by Crippen LogP contribution is 2.41. The van der Waals surface area contributed by atoms with Gasteiger partial charge in [0.05, 0.1) is 70.0 Å². The van der Waals surface area contributed by atoms with Crippen LogP contribution >= 0.6 is 35.0 Å². The summed E-state index contributed by atoms with van der Waals surface area (Å²) in [4.78, 5) is 53.9. The third kappa shape index (κ3) is 13.7. The lowest BCUT2D eigenvalue weighted by atomic mass is 10.0. The number of fused-ring (bicyclic) bond motifs is 4. The molecule has 3 N–H and O–H groups in total. The fraction of sp³-hybridized carbons (Fsp3) is 0.328. The Bertz CT molecular complexity index is 3660. The van der Waals surface area contributed by atoms with Crippen LogP contribution in [0.4, 0.5) is 11.4 Å². The van der Waals surface area contributed by atoms with Crippen LogP contribution in [-0.4, -0.2) is 132 Å². The summed E-state index contributed by atoms with van der Waals surface area (Å²) in [5, 5.41) is 34.3. The van der Waals surface area contributed by atoms with Crippen molar-refractivity contribution in [2.24, 2.45) is 9.98 Å². The number of hydrogen-bond acceptors (Lipinski definition) is 19. The van der Waals surface area contributed by atoms with Gasteiger partial charge in [0.15, 0.2) is 34.5 Å². The summed E-state index contributed by atoms with van der Waals surface area (Å²) in [6.07, 6.45) is 2.10.